The third-order valence-electron chi connectivity index (χ3n) is 2.58. The summed E-state index contributed by atoms with van der Waals surface area (Å²) in [5.41, 5.74) is 6.31. The average molecular weight is 277 g/mol. The van der Waals surface area contributed by atoms with Crippen molar-refractivity contribution in [2.24, 2.45) is 5.73 Å². The molecule has 0 amide bonds. The van der Waals surface area contributed by atoms with Gasteiger partial charge in [0, 0.05) is 11.3 Å². The molecule has 0 spiro atoms. The summed E-state index contributed by atoms with van der Waals surface area (Å²) in [6, 6.07) is 7.85. The standard InChI is InChI=1S/C16H23NOS/c1-2-3-4-13-19-14-12-18-16-9-7-15(8-10-16)6-5-11-17/h7-10H,2-4,11-14,17H2,1H3. The van der Waals surface area contributed by atoms with Gasteiger partial charge < -0.3 is 10.5 Å². The third-order valence-corrected chi connectivity index (χ3v) is 3.61. The van der Waals surface area contributed by atoms with E-state index in [2.05, 4.69) is 18.8 Å². The first-order valence-corrected chi connectivity index (χ1v) is 8.02. The summed E-state index contributed by atoms with van der Waals surface area (Å²) in [7, 11) is 0. The van der Waals surface area contributed by atoms with Crippen LogP contribution in [0.25, 0.3) is 0 Å². The van der Waals surface area contributed by atoms with Gasteiger partial charge in [-0.1, -0.05) is 31.6 Å². The number of ether oxygens (including phenoxy) is 1. The van der Waals surface area contributed by atoms with Gasteiger partial charge in [0.2, 0.25) is 0 Å². The maximum atomic E-state index is 5.68. The van der Waals surface area contributed by atoms with Crippen molar-refractivity contribution in [2.45, 2.75) is 26.2 Å². The zero-order valence-corrected chi connectivity index (χ0v) is 12.5. The lowest BCUT2D eigenvalue weighted by Gasteiger charge is -2.06. The molecular weight excluding hydrogens is 254 g/mol. The van der Waals surface area contributed by atoms with Crippen molar-refractivity contribution in [2.75, 3.05) is 24.7 Å². The fraction of sp³-hybridized carbons (Fsp3) is 0.500. The van der Waals surface area contributed by atoms with Gasteiger partial charge >= 0.3 is 0 Å². The lowest BCUT2D eigenvalue weighted by atomic mass is 10.2. The van der Waals surface area contributed by atoms with Crippen LogP contribution in [-0.4, -0.2) is 24.7 Å². The maximum Gasteiger partial charge on any atom is 0.119 e. The molecule has 2 nitrogen and oxygen atoms in total. The lowest BCUT2D eigenvalue weighted by molar-refractivity contribution is 0.344. The molecule has 2 N–H and O–H groups in total. The molecule has 1 rings (SSSR count). The largest absolute Gasteiger partial charge is 0.493 e. The minimum absolute atomic E-state index is 0.396. The summed E-state index contributed by atoms with van der Waals surface area (Å²) >= 11 is 1.97. The second-order valence-electron chi connectivity index (χ2n) is 4.20. The van der Waals surface area contributed by atoms with Crippen LogP contribution < -0.4 is 10.5 Å². The van der Waals surface area contributed by atoms with Crippen LogP contribution in [0.4, 0.5) is 0 Å². The minimum atomic E-state index is 0.396. The molecule has 0 fully saturated rings. The topological polar surface area (TPSA) is 35.2 Å². The van der Waals surface area contributed by atoms with E-state index in [-0.39, 0.29) is 0 Å². The van der Waals surface area contributed by atoms with Crippen LogP contribution in [0.1, 0.15) is 31.7 Å². The van der Waals surface area contributed by atoms with Crippen LogP contribution >= 0.6 is 11.8 Å². The number of unbranched alkanes of at least 4 members (excludes halogenated alkanes) is 2. The minimum Gasteiger partial charge on any atom is -0.493 e. The van der Waals surface area contributed by atoms with Gasteiger partial charge in [0.15, 0.2) is 0 Å². The van der Waals surface area contributed by atoms with E-state index in [0.29, 0.717) is 6.54 Å². The molecule has 3 heteroatoms. The van der Waals surface area contributed by atoms with E-state index in [1.807, 2.05) is 36.0 Å². The molecule has 0 atom stereocenters. The molecule has 19 heavy (non-hydrogen) atoms. The number of hydrogen-bond donors (Lipinski definition) is 1. The monoisotopic (exact) mass is 277 g/mol. The zero-order chi connectivity index (χ0) is 13.8. The molecule has 0 aliphatic rings. The Balaban J connectivity index is 2.16. The summed E-state index contributed by atoms with van der Waals surface area (Å²) < 4.78 is 5.68. The van der Waals surface area contributed by atoms with Crippen molar-refractivity contribution in [3.05, 3.63) is 29.8 Å². The van der Waals surface area contributed by atoms with Crippen molar-refractivity contribution >= 4 is 11.8 Å². The first-order valence-electron chi connectivity index (χ1n) is 6.86. The first-order chi connectivity index (χ1) is 9.36. The Bertz CT molecular complexity index is 391. The van der Waals surface area contributed by atoms with Gasteiger partial charge in [0.1, 0.15) is 5.75 Å². The van der Waals surface area contributed by atoms with E-state index in [1.54, 1.807) is 0 Å². The van der Waals surface area contributed by atoms with Crippen LogP contribution in [0, 0.1) is 11.8 Å². The molecule has 0 aliphatic carbocycles. The Morgan fingerprint density at radius 2 is 1.95 bits per heavy atom. The Hall–Kier alpha value is -1.11. The lowest BCUT2D eigenvalue weighted by Crippen LogP contribution is -2.00. The third kappa shape index (κ3) is 7.81. The van der Waals surface area contributed by atoms with Crippen LogP contribution in [0.5, 0.6) is 5.75 Å². The van der Waals surface area contributed by atoms with E-state index < -0.39 is 0 Å². The number of rotatable bonds is 8. The molecule has 0 radical (unpaired) electrons. The molecule has 0 unspecified atom stereocenters. The Labute approximate surface area is 121 Å². The van der Waals surface area contributed by atoms with E-state index in [9.17, 15) is 0 Å². The number of hydrogen-bond acceptors (Lipinski definition) is 3. The number of benzene rings is 1. The van der Waals surface area contributed by atoms with Gasteiger partial charge in [-0.15, -0.1) is 0 Å². The molecule has 0 bridgehead atoms. The van der Waals surface area contributed by atoms with Crippen molar-refractivity contribution < 1.29 is 4.74 Å². The molecule has 0 aliphatic heterocycles. The van der Waals surface area contributed by atoms with Crippen LogP contribution in [0.15, 0.2) is 24.3 Å². The normalized spacial score (nSPS) is 9.79. The SMILES string of the molecule is CCCCCSCCOc1ccc(C#CCN)cc1. The Morgan fingerprint density at radius 1 is 1.16 bits per heavy atom. The summed E-state index contributed by atoms with van der Waals surface area (Å²) in [4.78, 5) is 0. The van der Waals surface area contributed by atoms with Gasteiger partial charge in [0.05, 0.1) is 13.2 Å². The van der Waals surface area contributed by atoms with E-state index in [0.717, 1.165) is 23.7 Å². The van der Waals surface area contributed by atoms with Crippen LogP contribution in [0.2, 0.25) is 0 Å². The average Bonchev–Trinajstić information content (AvgIpc) is 2.45. The summed E-state index contributed by atoms with van der Waals surface area (Å²) in [6.45, 7) is 3.40. The first kappa shape index (κ1) is 15.9. The van der Waals surface area contributed by atoms with Gasteiger partial charge in [0.25, 0.3) is 0 Å². The fourth-order valence-corrected chi connectivity index (χ4v) is 2.38. The highest BCUT2D eigenvalue weighted by molar-refractivity contribution is 7.99. The Kier molecular flexibility index (Phi) is 9.05. The second kappa shape index (κ2) is 10.8. The van der Waals surface area contributed by atoms with Crippen LogP contribution in [-0.2, 0) is 0 Å². The molecule has 1 aromatic rings. The smallest absolute Gasteiger partial charge is 0.119 e. The van der Waals surface area contributed by atoms with Gasteiger partial charge in [-0.05, 0) is 36.4 Å². The van der Waals surface area contributed by atoms with E-state index in [1.165, 1.54) is 25.0 Å². The fourth-order valence-electron chi connectivity index (χ4n) is 1.56. The molecule has 1 aromatic carbocycles. The summed E-state index contributed by atoms with van der Waals surface area (Å²) in [5.74, 6) is 9.03. The molecule has 0 heterocycles. The van der Waals surface area contributed by atoms with Crippen molar-refractivity contribution in [1.29, 1.82) is 0 Å². The predicted molar refractivity (Wildman–Crippen MR) is 84.7 cm³/mol. The van der Waals surface area contributed by atoms with Crippen LogP contribution in [0.3, 0.4) is 0 Å². The molecule has 0 saturated heterocycles. The maximum absolute atomic E-state index is 5.68. The highest BCUT2D eigenvalue weighted by atomic mass is 32.2. The quantitative estimate of drug-likeness (QED) is 0.585. The van der Waals surface area contributed by atoms with Crippen molar-refractivity contribution in [3.8, 4) is 17.6 Å². The number of thioether (sulfide) groups is 1. The second-order valence-corrected chi connectivity index (χ2v) is 5.42. The molecule has 0 aromatic heterocycles. The molecular formula is C16H23NOS. The highest BCUT2D eigenvalue weighted by Crippen LogP contribution is 2.12. The predicted octanol–water partition coefficient (Wildman–Crippen LogP) is 3.30. The van der Waals surface area contributed by atoms with Crippen molar-refractivity contribution in [1.82, 2.24) is 0 Å². The molecule has 104 valence electrons. The Morgan fingerprint density at radius 3 is 2.63 bits per heavy atom. The highest BCUT2D eigenvalue weighted by Gasteiger charge is 1.94. The van der Waals surface area contributed by atoms with Crippen molar-refractivity contribution in [3.63, 3.8) is 0 Å². The van der Waals surface area contributed by atoms with E-state index in [4.69, 9.17) is 10.5 Å². The van der Waals surface area contributed by atoms with Gasteiger partial charge in [-0.3, -0.25) is 0 Å². The zero-order valence-electron chi connectivity index (χ0n) is 11.7. The molecule has 0 saturated carbocycles. The van der Waals surface area contributed by atoms with E-state index >= 15 is 0 Å². The summed E-state index contributed by atoms with van der Waals surface area (Å²) in [6.07, 6.45) is 3.94. The number of nitrogens with two attached hydrogens (primary N) is 1. The van der Waals surface area contributed by atoms with Gasteiger partial charge in [-0.2, -0.15) is 11.8 Å². The summed E-state index contributed by atoms with van der Waals surface area (Å²) in [5, 5.41) is 0. The van der Waals surface area contributed by atoms with Gasteiger partial charge in [-0.25, -0.2) is 0 Å².